The molecule has 2 aromatic heterocycles. The van der Waals surface area contributed by atoms with Crippen molar-refractivity contribution in [1.82, 2.24) is 9.13 Å². The van der Waals surface area contributed by atoms with Crippen molar-refractivity contribution in [3.8, 4) is 11.4 Å². The monoisotopic (exact) mass is 637 g/mol. The molecule has 0 spiro atoms. The molecule has 0 saturated carbocycles. The molecule has 0 aliphatic heterocycles. The second-order valence-electron chi connectivity index (χ2n) is 15.2. The Morgan fingerprint density at radius 3 is 1.67 bits per heavy atom. The Morgan fingerprint density at radius 1 is 0.449 bits per heavy atom. The Labute approximate surface area is 289 Å². The van der Waals surface area contributed by atoms with E-state index >= 15 is 0 Å². The summed E-state index contributed by atoms with van der Waals surface area (Å²) < 4.78 is 4.79. The summed E-state index contributed by atoms with van der Waals surface area (Å²) >= 11 is 0. The molecule has 0 bridgehead atoms. The topological polar surface area (TPSA) is 13.1 Å². The zero-order valence-corrected chi connectivity index (χ0v) is 29.3. The zero-order valence-electron chi connectivity index (χ0n) is 29.3. The van der Waals surface area contributed by atoms with Crippen LogP contribution in [0.2, 0.25) is 0 Å². The molecule has 0 unspecified atom stereocenters. The number of aromatic nitrogens is 2. The number of hydrogen-bond acceptors (Lipinski definition) is 1. The smallest absolute Gasteiger partial charge is 0.0788 e. The first kappa shape index (κ1) is 30.8. The van der Waals surface area contributed by atoms with Gasteiger partial charge in [0, 0.05) is 50.8 Å². The van der Waals surface area contributed by atoms with Gasteiger partial charge in [-0.05, 0) is 88.7 Å². The van der Waals surface area contributed by atoms with Gasteiger partial charge in [-0.15, -0.1) is 0 Å². The van der Waals surface area contributed by atoms with Crippen molar-refractivity contribution >= 4 is 49.8 Å². The van der Waals surface area contributed by atoms with Crippen LogP contribution >= 0.6 is 0 Å². The summed E-state index contributed by atoms with van der Waals surface area (Å²) in [7, 11) is 0. The minimum atomic E-state index is 0.0840. The van der Waals surface area contributed by atoms with Gasteiger partial charge in [0.05, 0.1) is 16.6 Å². The van der Waals surface area contributed by atoms with Gasteiger partial charge in [0.25, 0.3) is 0 Å². The normalized spacial score (nSPS) is 12.3. The van der Waals surface area contributed by atoms with Crippen molar-refractivity contribution in [3.05, 3.63) is 163 Å². The Kier molecular flexibility index (Phi) is 7.26. The summed E-state index contributed by atoms with van der Waals surface area (Å²) in [6.45, 7) is 13.6. The minimum absolute atomic E-state index is 0.0840. The van der Waals surface area contributed by atoms with E-state index in [1.54, 1.807) is 0 Å². The molecule has 6 aromatic carbocycles. The Hall–Kier alpha value is -5.54. The molecule has 0 fully saturated rings. The van der Waals surface area contributed by atoms with E-state index in [1.807, 2.05) is 0 Å². The molecule has 3 nitrogen and oxygen atoms in total. The van der Waals surface area contributed by atoms with E-state index in [-0.39, 0.29) is 10.8 Å². The standard InChI is InChI=1S/C46H43N3/c1-45(2,3)33-20-24-36(25-21-33)48(37-26-22-34(23-27-37)46(4,5)6)39-16-12-15-38(31-39)47-30-29-32-19-28-41-40-17-10-11-18-42(40)49(44(41)43(32)47)35-13-8-7-9-14-35/h7-31H,1-6H3. The first-order valence-corrected chi connectivity index (χ1v) is 17.3. The summed E-state index contributed by atoms with van der Waals surface area (Å²) in [5, 5.41) is 3.72. The van der Waals surface area contributed by atoms with Gasteiger partial charge in [0.2, 0.25) is 0 Å². The zero-order chi connectivity index (χ0) is 33.9. The summed E-state index contributed by atoms with van der Waals surface area (Å²) in [4.78, 5) is 2.38. The predicted octanol–water partition coefficient (Wildman–Crippen LogP) is 12.8. The molecule has 3 heteroatoms. The van der Waals surface area contributed by atoms with Crippen LogP contribution in [-0.2, 0) is 10.8 Å². The summed E-state index contributed by atoms with van der Waals surface area (Å²) in [5.41, 5.74) is 12.1. The van der Waals surface area contributed by atoms with Crippen molar-refractivity contribution < 1.29 is 0 Å². The van der Waals surface area contributed by atoms with Crippen molar-refractivity contribution in [2.24, 2.45) is 0 Å². The van der Waals surface area contributed by atoms with Crippen LogP contribution in [0.25, 0.3) is 44.1 Å². The molecule has 0 saturated heterocycles. The maximum Gasteiger partial charge on any atom is 0.0788 e. The second-order valence-corrected chi connectivity index (χ2v) is 15.2. The Bertz CT molecular complexity index is 2370. The quantitative estimate of drug-likeness (QED) is 0.183. The molecule has 8 rings (SSSR count). The molecule has 0 N–H and O–H groups in total. The number of para-hydroxylation sites is 2. The summed E-state index contributed by atoms with van der Waals surface area (Å²) in [5.74, 6) is 0. The Balaban J connectivity index is 1.33. The van der Waals surface area contributed by atoms with Gasteiger partial charge in [-0.1, -0.05) is 120 Å². The van der Waals surface area contributed by atoms with Crippen LogP contribution in [0.5, 0.6) is 0 Å². The van der Waals surface area contributed by atoms with Gasteiger partial charge in [-0.2, -0.15) is 0 Å². The fourth-order valence-electron chi connectivity index (χ4n) is 7.18. The van der Waals surface area contributed by atoms with Crippen molar-refractivity contribution in [2.45, 2.75) is 52.4 Å². The third-order valence-electron chi connectivity index (χ3n) is 9.85. The van der Waals surface area contributed by atoms with E-state index in [0.29, 0.717) is 0 Å². The van der Waals surface area contributed by atoms with Gasteiger partial charge in [0.15, 0.2) is 0 Å². The van der Waals surface area contributed by atoms with Crippen LogP contribution in [0.3, 0.4) is 0 Å². The van der Waals surface area contributed by atoms with E-state index in [0.717, 1.165) is 28.4 Å². The fraction of sp³-hybridized carbons (Fsp3) is 0.174. The van der Waals surface area contributed by atoms with Gasteiger partial charge < -0.3 is 14.0 Å². The lowest BCUT2D eigenvalue weighted by Crippen LogP contribution is -2.14. The van der Waals surface area contributed by atoms with Crippen molar-refractivity contribution in [2.75, 3.05) is 4.90 Å². The lowest BCUT2D eigenvalue weighted by molar-refractivity contribution is 0.590. The van der Waals surface area contributed by atoms with Gasteiger partial charge >= 0.3 is 0 Å². The molecular weight excluding hydrogens is 595 g/mol. The van der Waals surface area contributed by atoms with E-state index in [2.05, 4.69) is 207 Å². The van der Waals surface area contributed by atoms with Crippen LogP contribution in [0.1, 0.15) is 52.7 Å². The summed E-state index contributed by atoms with van der Waals surface area (Å²) in [6.07, 6.45) is 2.22. The van der Waals surface area contributed by atoms with E-state index in [1.165, 1.54) is 43.8 Å². The van der Waals surface area contributed by atoms with Crippen molar-refractivity contribution in [1.29, 1.82) is 0 Å². The van der Waals surface area contributed by atoms with Crippen molar-refractivity contribution in [3.63, 3.8) is 0 Å². The van der Waals surface area contributed by atoms with Crippen LogP contribution in [0, 0.1) is 0 Å². The highest BCUT2D eigenvalue weighted by Crippen LogP contribution is 2.40. The Morgan fingerprint density at radius 2 is 1.04 bits per heavy atom. The molecule has 2 heterocycles. The SMILES string of the molecule is CC(C)(C)c1ccc(N(c2ccc(C(C)(C)C)cc2)c2cccc(-n3ccc4ccc5c6ccccc6n(-c6ccccc6)c5c43)c2)cc1. The molecule has 0 aliphatic carbocycles. The maximum atomic E-state index is 2.42. The number of rotatable bonds is 5. The highest BCUT2D eigenvalue weighted by molar-refractivity contribution is 6.18. The van der Waals surface area contributed by atoms with E-state index in [4.69, 9.17) is 0 Å². The number of hydrogen-bond donors (Lipinski definition) is 0. The van der Waals surface area contributed by atoms with Gasteiger partial charge in [-0.25, -0.2) is 0 Å². The number of benzene rings is 6. The van der Waals surface area contributed by atoms with Crippen LogP contribution in [0.4, 0.5) is 17.1 Å². The molecule has 8 aromatic rings. The number of fused-ring (bicyclic) bond motifs is 5. The third kappa shape index (κ3) is 5.40. The van der Waals surface area contributed by atoms with E-state index in [9.17, 15) is 0 Å². The number of nitrogens with zero attached hydrogens (tertiary/aromatic N) is 3. The highest BCUT2D eigenvalue weighted by Gasteiger charge is 2.21. The average Bonchev–Trinajstić information content (AvgIpc) is 3.68. The molecule has 242 valence electrons. The lowest BCUT2D eigenvalue weighted by atomic mass is 9.86. The molecular formula is C46H43N3. The average molecular weight is 638 g/mol. The van der Waals surface area contributed by atoms with Crippen LogP contribution < -0.4 is 4.90 Å². The predicted molar refractivity (Wildman–Crippen MR) is 210 cm³/mol. The maximum absolute atomic E-state index is 2.42. The largest absolute Gasteiger partial charge is 0.315 e. The van der Waals surface area contributed by atoms with E-state index < -0.39 is 0 Å². The second kappa shape index (κ2) is 11.6. The van der Waals surface area contributed by atoms with Crippen LogP contribution in [-0.4, -0.2) is 9.13 Å². The van der Waals surface area contributed by atoms with Gasteiger partial charge in [0.1, 0.15) is 0 Å². The number of anilines is 3. The third-order valence-corrected chi connectivity index (χ3v) is 9.85. The molecule has 0 atom stereocenters. The first-order chi connectivity index (χ1) is 23.6. The van der Waals surface area contributed by atoms with Gasteiger partial charge in [-0.3, -0.25) is 0 Å². The lowest BCUT2D eigenvalue weighted by Gasteiger charge is -2.28. The minimum Gasteiger partial charge on any atom is -0.315 e. The highest BCUT2D eigenvalue weighted by atomic mass is 15.1. The molecule has 0 radical (unpaired) electrons. The molecule has 49 heavy (non-hydrogen) atoms. The summed E-state index contributed by atoms with van der Waals surface area (Å²) in [6, 6.07) is 53.3. The van der Waals surface area contributed by atoms with Crippen LogP contribution in [0.15, 0.2) is 152 Å². The fourth-order valence-corrected chi connectivity index (χ4v) is 7.18. The molecule has 0 amide bonds. The first-order valence-electron chi connectivity index (χ1n) is 17.3. The molecule has 0 aliphatic rings.